The molecule has 2 aromatic carbocycles. The topological polar surface area (TPSA) is 30.9 Å². The fraction of sp³-hybridized carbons (Fsp3) is 0.368. The van der Waals surface area contributed by atoms with Gasteiger partial charge in [-0.15, -0.1) is 0 Å². The number of likely N-dealkylation sites (N-methyl/N-ethyl adjacent to an activating group) is 1. The number of hydrogen-bond donors (Lipinski definition) is 0. The molecule has 0 aromatic heterocycles. The van der Waals surface area contributed by atoms with Crippen LogP contribution in [0.25, 0.3) is 0 Å². The molecule has 0 saturated carbocycles. The van der Waals surface area contributed by atoms with Gasteiger partial charge >= 0.3 is 0 Å². The molecular formula is C19H25NO3. The second-order valence-corrected chi connectivity index (χ2v) is 5.65. The van der Waals surface area contributed by atoms with Crippen LogP contribution in [0, 0.1) is 0 Å². The van der Waals surface area contributed by atoms with Crippen molar-refractivity contribution in [1.82, 2.24) is 4.90 Å². The highest BCUT2D eigenvalue weighted by molar-refractivity contribution is 5.33. The first-order valence-electron chi connectivity index (χ1n) is 7.65. The minimum atomic E-state index is 0.258. The fourth-order valence-corrected chi connectivity index (χ4v) is 2.52. The molecule has 0 saturated heterocycles. The predicted molar refractivity (Wildman–Crippen MR) is 92.1 cm³/mol. The molecular weight excluding hydrogens is 290 g/mol. The molecule has 1 atom stereocenters. The van der Waals surface area contributed by atoms with Gasteiger partial charge in [-0.1, -0.05) is 24.3 Å². The number of rotatable bonds is 8. The van der Waals surface area contributed by atoms with Crippen LogP contribution in [-0.4, -0.2) is 40.0 Å². The highest BCUT2D eigenvalue weighted by Gasteiger charge is 2.15. The summed E-state index contributed by atoms with van der Waals surface area (Å²) >= 11 is 0. The third-order valence-electron chi connectivity index (χ3n) is 3.80. The minimum Gasteiger partial charge on any atom is -0.497 e. The zero-order valence-corrected chi connectivity index (χ0v) is 14.3. The number of nitrogens with zero attached hydrogens (tertiary/aromatic N) is 1. The van der Waals surface area contributed by atoms with Crippen LogP contribution in [0.3, 0.4) is 0 Å². The predicted octanol–water partition coefficient (Wildman–Crippen LogP) is 3.52. The van der Waals surface area contributed by atoms with E-state index >= 15 is 0 Å². The maximum absolute atomic E-state index is 5.55. The SMILES string of the molecule is COCOc1cccc(C(Cc2ccc(OC)cc2)N(C)C)c1. The van der Waals surface area contributed by atoms with Gasteiger partial charge in [0.1, 0.15) is 11.5 Å². The second-order valence-electron chi connectivity index (χ2n) is 5.65. The highest BCUT2D eigenvalue weighted by atomic mass is 16.7. The summed E-state index contributed by atoms with van der Waals surface area (Å²) in [5.41, 5.74) is 2.49. The molecule has 2 rings (SSSR count). The average molecular weight is 315 g/mol. The summed E-state index contributed by atoms with van der Waals surface area (Å²) in [6, 6.07) is 16.7. The zero-order valence-electron chi connectivity index (χ0n) is 14.3. The van der Waals surface area contributed by atoms with Crippen molar-refractivity contribution >= 4 is 0 Å². The Labute approximate surface area is 138 Å². The lowest BCUT2D eigenvalue weighted by atomic mass is 9.97. The summed E-state index contributed by atoms with van der Waals surface area (Å²) < 4.78 is 15.7. The van der Waals surface area contributed by atoms with Crippen molar-refractivity contribution in [3.8, 4) is 11.5 Å². The van der Waals surface area contributed by atoms with Crippen LogP contribution in [0.1, 0.15) is 17.2 Å². The molecule has 0 bridgehead atoms. The normalized spacial score (nSPS) is 12.2. The first kappa shape index (κ1) is 17.3. The van der Waals surface area contributed by atoms with Crippen molar-refractivity contribution < 1.29 is 14.2 Å². The average Bonchev–Trinajstić information content (AvgIpc) is 2.58. The summed E-state index contributed by atoms with van der Waals surface area (Å²) in [6.07, 6.45) is 0.921. The van der Waals surface area contributed by atoms with Gasteiger partial charge in [0.05, 0.1) is 7.11 Å². The molecule has 23 heavy (non-hydrogen) atoms. The van der Waals surface area contributed by atoms with Gasteiger partial charge in [-0.3, -0.25) is 0 Å². The largest absolute Gasteiger partial charge is 0.497 e. The van der Waals surface area contributed by atoms with E-state index in [0.717, 1.165) is 17.9 Å². The fourth-order valence-electron chi connectivity index (χ4n) is 2.52. The zero-order chi connectivity index (χ0) is 16.7. The van der Waals surface area contributed by atoms with E-state index in [1.165, 1.54) is 11.1 Å². The Morgan fingerprint density at radius 3 is 2.30 bits per heavy atom. The van der Waals surface area contributed by atoms with Crippen molar-refractivity contribution in [3.63, 3.8) is 0 Å². The van der Waals surface area contributed by atoms with Crippen molar-refractivity contribution in [1.29, 1.82) is 0 Å². The van der Waals surface area contributed by atoms with Crippen molar-refractivity contribution in [3.05, 3.63) is 59.7 Å². The number of ether oxygens (including phenoxy) is 3. The summed E-state index contributed by atoms with van der Waals surface area (Å²) in [5.74, 6) is 1.70. The number of methoxy groups -OCH3 is 2. The minimum absolute atomic E-state index is 0.258. The van der Waals surface area contributed by atoms with E-state index in [1.807, 2.05) is 24.3 Å². The Bertz CT molecular complexity index is 596. The van der Waals surface area contributed by atoms with Gasteiger partial charge in [0.2, 0.25) is 0 Å². The molecule has 0 aliphatic heterocycles. The molecule has 0 radical (unpaired) electrons. The monoisotopic (exact) mass is 315 g/mol. The Balaban J connectivity index is 2.17. The van der Waals surface area contributed by atoms with Gasteiger partial charge in [0.25, 0.3) is 0 Å². The third-order valence-corrected chi connectivity index (χ3v) is 3.80. The Kier molecular flexibility index (Phi) is 6.44. The van der Waals surface area contributed by atoms with Gasteiger partial charge in [0, 0.05) is 13.2 Å². The summed E-state index contributed by atoms with van der Waals surface area (Å²) in [4.78, 5) is 2.22. The van der Waals surface area contributed by atoms with Gasteiger partial charge in [-0.05, 0) is 55.9 Å². The van der Waals surface area contributed by atoms with Gasteiger partial charge in [-0.2, -0.15) is 0 Å². The van der Waals surface area contributed by atoms with Crippen LogP contribution < -0.4 is 9.47 Å². The van der Waals surface area contributed by atoms with Crippen LogP contribution in [0.5, 0.6) is 11.5 Å². The van der Waals surface area contributed by atoms with E-state index in [-0.39, 0.29) is 12.8 Å². The van der Waals surface area contributed by atoms with E-state index in [0.29, 0.717) is 0 Å². The standard InChI is InChI=1S/C19H25NO3/c1-20(2)19(12-15-8-10-17(22-4)11-9-15)16-6-5-7-18(13-16)23-14-21-3/h5-11,13,19H,12,14H2,1-4H3. The molecule has 2 aromatic rings. The van der Waals surface area contributed by atoms with E-state index in [9.17, 15) is 0 Å². The molecule has 0 aliphatic rings. The van der Waals surface area contributed by atoms with Crippen LogP contribution in [-0.2, 0) is 11.2 Å². The van der Waals surface area contributed by atoms with E-state index in [2.05, 4.69) is 43.3 Å². The van der Waals surface area contributed by atoms with E-state index < -0.39 is 0 Å². The molecule has 4 heteroatoms. The Morgan fingerprint density at radius 2 is 1.70 bits per heavy atom. The molecule has 0 fully saturated rings. The van der Waals surface area contributed by atoms with Crippen LogP contribution in [0.4, 0.5) is 0 Å². The lowest BCUT2D eigenvalue weighted by Crippen LogP contribution is -2.22. The summed E-state index contributed by atoms with van der Waals surface area (Å²) in [7, 11) is 7.49. The first-order valence-corrected chi connectivity index (χ1v) is 7.65. The maximum Gasteiger partial charge on any atom is 0.188 e. The molecule has 0 amide bonds. The van der Waals surface area contributed by atoms with Crippen LogP contribution >= 0.6 is 0 Å². The van der Waals surface area contributed by atoms with E-state index in [4.69, 9.17) is 14.2 Å². The molecule has 0 spiro atoms. The second kappa shape index (κ2) is 8.56. The first-order chi connectivity index (χ1) is 11.1. The van der Waals surface area contributed by atoms with Crippen molar-refractivity contribution in [2.75, 3.05) is 35.1 Å². The number of hydrogen-bond acceptors (Lipinski definition) is 4. The number of benzene rings is 2. The molecule has 4 nitrogen and oxygen atoms in total. The molecule has 0 N–H and O–H groups in total. The molecule has 0 heterocycles. The van der Waals surface area contributed by atoms with Crippen molar-refractivity contribution in [2.24, 2.45) is 0 Å². The Morgan fingerprint density at radius 1 is 0.957 bits per heavy atom. The maximum atomic E-state index is 5.55. The van der Waals surface area contributed by atoms with Gasteiger partial charge in [-0.25, -0.2) is 0 Å². The van der Waals surface area contributed by atoms with Gasteiger partial charge in [0.15, 0.2) is 6.79 Å². The highest BCUT2D eigenvalue weighted by Crippen LogP contribution is 2.27. The van der Waals surface area contributed by atoms with Crippen LogP contribution in [0.2, 0.25) is 0 Å². The molecule has 1 unspecified atom stereocenters. The van der Waals surface area contributed by atoms with Crippen molar-refractivity contribution in [2.45, 2.75) is 12.5 Å². The Hall–Kier alpha value is -2.04. The van der Waals surface area contributed by atoms with Crippen LogP contribution in [0.15, 0.2) is 48.5 Å². The summed E-state index contributed by atoms with van der Waals surface area (Å²) in [5, 5.41) is 0. The quantitative estimate of drug-likeness (QED) is 0.697. The summed E-state index contributed by atoms with van der Waals surface area (Å²) in [6.45, 7) is 0.258. The molecule has 124 valence electrons. The smallest absolute Gasteiger partial charge is 0.188 e. The van der Waals surface area contributed by atoms with E-state index in [1.54, 1.807) is 14.2 Å². The third kappa shape index (κ3) is 4.98. The lowest BCUT2D eigenvalue weighted by molar-refractivity contribution is 0.0510. The lowest BCUT2D eigenvalue weighted by Gasteiger charge is -2.25. The van der Waals surface area contributed by atoms with Gasteiger partial charge < -0.3 is 19.1 Å². The molecule has 0 aliphatic carbocycles.